The Morgan fingerprint density at radius 3 is 2.35 bits per heavy atom. The number of benzene rings is 2. The molecule has 0 saturated carbocycles. The van der Waals surface area contributed by atoms with Gasteiger partial charge in [0, 0.05) is 10.6 Å². The molecule has 0 atom stereocenters. The van der Waals surface area contributed by atoms with Gasteiger partial charge in [0.2, 0.25) is 0 Å². The van der Waals surface area contributed by atoms with Crippen LogP contribution in [0.25, 0.3) is 0 Å². The molecule has 0 aliphatic carbocycles. The maximum atomic E-state index is 13.0. The molecule has 1 amide bonds. The van der Waals surface area contributed by atoms with E-state index in [1.54, 1.807) is 12.1 Å². The summed E-state index contributed by atoms with van der Waals surface area (Å²) in [6, 6.07) is 14.4. The molecule has 0 spiro atoms. The van der Waals surface area contributed by atoms with Gasteiger partial charge < -0.3 is 10.1 Å². The van der Waals surface area contributed by atoms with E-state index in [1.807, 2.05) is 17.5 Å². The van der Waals surface area contributed by atoms with E-state index >= 15 is 0 Å². The average Bonchev–Trinajstić information content (AvgIpc) is 3.26. The number of hydrogen-bond acceptors (Lipinski definition) is 6. The highest BCUT2D eigenvalue weighted by Crippen LogP contribution is 2.17. The van der Waals surface area contributed by atoms with E-state index in [0.29, 0.717) is 12.1 Å². The highest BCUT2D eigenvalue weighted by Gasteiger charge is 2.14. The van der Waals surface area contributed by atoms with Gasteiger partial charge in [-0.15, -0.1) is 11.3 Å². The third-order valence-electron chi connectivity index (χ3n) is 4.08. The van der Waals surface area contributed by atoms with Gasteiger partial charge in [0.1, 0.15) is 5.82 Å². The van der Waals surface area contributed by atoms with Crippen molar-refractivity contribution in [3.8, 4) is 0 Å². The predicted molar refractivity (Wildman–Crippen MR) is 114 cm³/mol. The molecule has 1 heterocycles. The standard InChI is InChI=1S/C21H19FN2O5S2/c22-16-5-9-19(10-6-16)31(27,28)24-17-7-3-15(4-8-17)12-21(26)29-14-20(25)23-13-18-2-1-11-30-18/h1-11,24H,12-14H2,(H,23,25). The van der Waals surface area contributed by atoms with Crippen molar-refractivity contribution < 1.29 is 27.1 Å². The normalized spacial score (nSPS) is 11.0. The SMILES string of the molecule is O=C(COC(=O)Cc1ccc(NS(=O)(=O)c2ccc(F)cc2)cc1)NCc1cccs1. The number of anilines is 1. The average molecular weight is 463 g/mol. The Morgan fingerprint density at radius 1 is 1.00 bits per heavy atom. The molecule has 0 aliphatic rings. The number of amides is 1. The van der Waals surface area contributed by atoms with Crippen molar-refractivity contribution in [2.24, 2.45) is 0 Å². The van der Waals surface area contributed by atoms with Gasteiger partial charge in [0.15, 0.2) is 6.61 Å². The zero-order valence-corrected chi connectivity index (χ0v) is 17.8. The summed E-state index contributed by atoms with van der Waals surface area (Å²) in [5.74, 6) is -1.51. The summed E-state index contributed by atoms with van der Waals surface area (Å²) in [4.78, 5) is 24.6. The molecule has 3 rings (SSSR count). The number of carbonyl (C=O) groups is 2. The first-order valence-corrected chi connectivity index (χ1v) is 11.5. The van der Waals surface area contributed by atoms with Gasteiger partial charge in [-0.05, 0) is 53.4 Å². The molecule has 0 radical (unpaired) electrons. The molecule has 31 heavy (non-hydrogen) atoms. The number of sulfonamides is 1. The third kappa shape index (κ3) is 6.90. The molecule has 7 nitrogen and oxygen atoms in total. The summed E-state index contributed by atoms with van der Waals surface area (Å²) < 4.78 is 44.9. The number of esters is 1. The minimum atomic E-state index is -3.86. The molecule has 1 aromatic heterocycles. The fourth-order valence-electron chi connectivity index (χ4n) is 2.53. The van der Waals surface area contributed by atoms with Crippen molar-refractivity contribution in [2.45, 2.75) is 17.9 Å². The lowest BCUT2D eigenvalue weighted by molar-refractivity contribution is -0.147. The first kappa shape index (κ1) is 22.4. The fraction of sp³-hybridized carbons (Fsp3) is 0.143. The molecule has 2 N–H and O–H groups in total. The smallest absolute Gasteiger partial charge is 0.310 e. The summed E-state index contributed by atoms with van der Waals surface area (Å²) in [7, 11) is -3.86. The van der Waals surface area contributed by atoms with Crippen LogP contribution in [0.15, 0.2) is 70.9 Å². The van der Waals surface area contributed by atoms with Crippen molar-refractivity contribution in [1.82, 2.24) is 5.32 Å². The Bertz CT molecular complexity index is 1130. The van der Waals surface area contributed by atoms with Gasteiger partial charge >= 0.3 is 5.97 Å². The van der Waals surface area contributed by atoms with E-state index in [4.69, 9.17) is 4.74 Å². The van der Waals surface area contributed by atoms with Gasteiger partial charge in [0.05, 0.1) is 17.9 Å². The van der Waals surface area contributed by atoms with Gasteiger partial charge in [-0.3, -0.25) is 14.3 Å². The number of carbonyl (C=O) groups excluding carboxylic acids is 2. The third-order valence-corrected chi connectivity index (χ3v) is 6.36. The number of rotatable bonds is 9. The molecule has 3 aromatic rings. The van der Waals surface area contributed by atoms with E-state index in [0.717, 1.165) is 17.0 Å². The molecular formula is C21H19FN2O5S2. The Balaban J connectivity index is 1.46. The highest BCUT2D eigenvalue weighted by molar-refractivity contribution is 7.92. The Hall–Kier alpha value is -3.24. The van der Waals surface area contributed by atoms with Crippen molar-refractivity contribution in [1.29, 1.82) is 0 Å². The minimum Gasteiger partial charge on any atom is -0.455 e. The van der Waals surface area contributed by atoms with Gasteiger partial charge in [-0.1, -0.05) is 18.2 Å². The Morgan fingerprint density at radius 2 is 1.71 bits per heavy atom. The second kappa shape index (κ2) is 10.2. The first-order chi connectivity index (χ1) is 14.8. The monoisotopic (exact) mass is 462 g/mol. The predicted octanol–water partition coefficient (Wildman–Crippen LogP) is 3.09. The maximum absolute atomic E-state index is 13.0. The number of ether oxygens (including phenoxy) is 1. The van der Waals surface area contributed by atoms with Gasteiger partial charge in [-0.25, -0.2) is 12.8 Å². The van der Waals surface area contributed by atoms with E-state index in [1.165, 1.54) is 35.6 Å². The molecule has 0 bridgehead atoms. The van der Waals surface area contributed by atoms with Crippen LogP contribution in [-0.2, 0) is 37.3 Å². The molecule has 0 saturated heterocycles. The van der Waals surface area contributed by atoms with E-state index in [-0.39, 0.29) is 23.6 Å². The van der Waals surface area contributed by atoms with Crippen LogP contribution in [0.2, 0.25) is 0 Å². The van der Waals surface area contributed by atoms with Crippen molar-refractivity contribution in [3.05, 3.63) is 82.3 Å². The molecule has 0 fully saturated rings. The number of halogens is 1. The van der Waals surface area contributed by atoms with Crippen LogP contribution in [0.3, 0.4) is 0 Å². The minimum absolute atomic E-state index is 0.0663. The number of nitrogens with one attached hydrogen (secondary N) is 2. The number of thiophene rings is 1. The van der Waals surface area contributed by atoms with E-state index < -0.39 is 27.7 Å². The van der Waals surface area contributed by atoms with Crippen LogP contribution in [-0.4, -0.2) is 26.9 Å². The van der Waals surface area contributed by atoms with E-state index in [2.05, 4.69) is 10.0 Å². The van der Waals surface area contributed by atoms with Crippen LogP contribution in [0.4, 0.5) is 10.1 Å². The van der Waals surface area contributed by atoms with Crippen LogP contribution in [0.1, 0.15) is 10.4 Å². The van der Waals surface area contributed by atoms with Crippen LogP contribution in [0.5, 0.6) is 0 Å². The largest absolute Gasteiger partial charge is 0.455 e. The zero-order valence-electron chi connectivity index (χ0n) is 16.2. The second-order valence-corrected chi connectivity index (χ2v) is 9.16. The molecule has 10 heteroatoms. The lowest BCUT2D eigenvalue weighted by Crippen LogP contribution is -2.28. The summed E-state index contributed by atoms with van der Waals surface area (Å²) in [5.41, 5.74) is 0.878. The lowest BCUT2D eigenvalue weighted by atomic mass is 10.1. The van der Waals surface area contributed by atoms with Crippen molar-refractivity contribution in [2.75, 3.05) is 11.3 Å². The molecule has 162 valence electrons. The topological polar surface area (TPSA) is 102 Å². The quantitative estimate of drug-likeness (QED) is 0.476. The van der Waals surface area contributed by atoms with Crippen molar-refractivity contribution >= 4 is 38.9 Å². The Labute approximate surface area is 182 Å². The molecule has 2 aromatic carbocycles. The second-order valence-electron chi connectivity index (χ2n) is 6.45. The summed E-state index contributed by atoms with van der Waals surface area (Å²) in [6.07, 6.45) is -0.0663. The summed E-state index contributed by atoms with van der Waals surface area (Å²) in [5, 5.41) is 4.56. The molecular weight excluding hydrogens is 443 g/mol. The van der Waals surface area contributed by atoms with Crippen molar-refractivity contribution in [3.63, 3.8) is 0 Å². The molecule has 0 aliphatic heterocycles. The number of hydrogen-bond donors (Lipinski definition) is 2. The van der Waals surface area contributed by atoms with E-state index in [9.17, 15) is 22.4 Å². The zero-order chi connectivity index (χ0) is 22.3. The van der Waals surface area contributed by atoms with Gasteiger partial charge in [-0.2, -0.15) is 0 Å². The van der Waals surface area contributed by atoms with Crippen LogP contribution < -0.4 is 10.0 Å². The fourth-order valence-corrected chi connectivity index (χ4v) is 4.24. The van der Waals surface area contributed by atoms with Crippen LogP contribution >= 0.6 is 11.3 Å². The molecule has 0 unspecified atom stereocenters. The lowest BCUT2D eigenvalue weighted by Gasteiger charge is -2.09. The highest BCUT2D eigenvalue weighted by atomic mass is 32.2. The summed E-state index contributed by atoms with van der Waals surface area (Å²) >= 11 is 1.51. The first-order valence-electron chi connectivity index (χ1n) is 9.14. The maximum Gasteiger partial charge on any atom is 0.310 e. The summed E-state index contributed by atoms with van der Waals surface area (Å²) in [6.45, 7) is 0.00308. The van der Waals surface area contributed by atoms with Gasteiger partial charge in [0.25, 0.3) is 15.9 Å². The Kier molecular flexibility index (Phi) is 7.37. The van der Waals surface area contributed by atoms with Crippen LogP contribution in [0, 0.1) is 5.82 Å².